The Morgan fingerprint density at radius 3 is 2.33 bits per heavy atom. The van der Waals surface area contributed by atoms with E-state index in [1.165, 1.54) is 6.92 Å². The van der Waals surface area contributed by atoms with Gasteiger partial charge in [-0.3, -0.25) is 9.59 Å². The van der Waals surface area contributed by atoms with E-state index in [0.717, 1.165) is 11.1 Å². The molecule has 7 heteroatoms. The van der Waals surface area contributed by atoms with Gasteiger partial charge in [0.25, 0.3) is 0 Å². The molecule has 5 rings (SSSR count). The number of esters is 1. The molecule has 0 unspecified atom stereocenters. The van der Waals surface area contributed by atoms with Crippen LogP contribution in [0, 0.1) is 22.7 Å². The molecule has 9 atom stereocenters. The van der Waals surface area contributed by atoms with E-state index in [9.17, 15) is 24.9 Å². The van der Waals surface area contributed by atoms with Gasteiger partial charge in [0.15, 0.2) is 5.60 Å². The minimum atomic E-state index is -1.52. The molecule has 1 aliphatic heterocycles. The summed E-state index contributed by atoms with van der Waals surface area (Å²) in [6.07, 6.45) is -2.38. The van der Waals surface area contributed by atoms with Crippen LogP contribution in [0.3, 0.4) is 0 Å². The average Bonchev–Trinajstić information content (AvgIpc) is 2.80. The van der Waals surface area contributed by atoms with Crippen LogP contribution in [0.25, 0.3) is 0 Å². The fourth-order valence-corrected chi connectivity index (χ4v) is 8.47. The Balaban J connectivity index is 1.90. The number of carbonyl (C=O) groups is 2. The predicted molar refractivity (Wildman–Crippen MR) is 132 cm³/mol. The van der Waals surface area contributed by atoms with Gasteiger partial charge in [0.1, 0.15) is 11.9 Å². The number of rotatable bonds is 2. The van der Waals surface area contributed by atoms with Crippen LogP contribution < -0.4 is 0 Å². The zero-order valence-electron chi connectivity index (χ0n) is 21.9. The third kappa shape index (κ3) is 3.00. The van der Waals surface area contributed by atoms with E-state index in [4.69, 9.17) is 9.47 Å². The SMILES string of the molecule is CC(=O)O[C@@]12CO[C@@H]1C[C@H](O)[C@@]1(C)C(=O)[C@H](C)C3=C(C)[C@@H](O)C[C@@](O)([C@@H](c4ccccc4)[C@H]21)C3(C)C. The highest BCUT2D eigenvalue weighted by molar-refractivity contribution is 5.91. The van der Waals surface area contributed by atoms with Crippen molar-refractivity contribution < 1.29 is 34.4 Å². The summed E-state index contributed by atoms with van der Waals surface area (Å²) in [7, 11) is 0. The van der Waals surface area contributed by atoms with Crippen molar-refractivity contribution in [3.8, 4) is 0 Å². The maximum absolute atomic E-state index is 14.6. The molecule has 3 aliphatic carbocycles. The first-order chi connectivity index (χ1) is 16.7. The molecule has 2 saturated carbocycles. The second-order valence-electron chi connectivity index (χ2n) is 12.2. The summed E-state index contributed by atoms with van der Waals surface area (Å²) in [5, 5.41) is 35.7. The number of carbonyl (C=O) groups excluding carboxylic acids is 2. The van der Waals surface area contributed by atoms with Crippen LogP contribution in [0.15, 0.2) is 41.5 Å². The molecule has 0 amide bonds. The second kappa shape index (κ2) is 7.97. The molecule has 1 saturated heterocycles. The number of aliphatic hydroxyl groups is 3. The van der Waals surface area contributed by atoms with Gasteiger partial charge < -0.3 is 24.8 Å². The lowest BCUT2D eigenvalue weighted by Crippen LogP contribution is -2.79. The number of hydrogen-bond donors (Lipinski definition) is 3. The van der Waals surface area contributed by atoms with Crippen molar-refractivity contribution in [2.45, 2.75) is 89.8 Å². The van der Waals surface area contributed by atoms with Gasteiger partial charge in [0.05, 0.1) is 29.8 Å². The highest BCUT2D eigenvalue weighted by Crippen LogP contribution is 2.68. The maximum Gasteiger partial charge on any atom is 0.303 e. The van der Waals surface area contributed by atoms with Crippen LogP contribution in [0.2, 0.25) is 0 Å². The van der Waals surface area contributed by atoms with Crippen LogP contribution >= 0.6 is 0 Å². The van der Waals surface area contributed by atoms with Crippen LogP contribution in [0.5, 0.6) is 0 Å². The minimum Gasteiger partial charge on any atom is -0.454 e. The van der Waals surface area contributed by atoms with Gasteiger partial charge in [-0.25, -0.2) is 0 Å². The standard InChI is InChI=1S/C29H38O7/c1-15-19(31)13-29(34)23(18-10-8-7-9-11-18)24-27(6,25(33)16(2)22(15)26(29,4)5)20(32)12-21-28(24,14-35-21)36-17(3)30/h7-11,16,19-21,23-24,31-32,34H,12-14H2,1-6H3/t16-,19+,20+,21-,23+,24+,27-,28+,29-/m1/s1. The fourth-order valence-electron chi connectivity index (χ4n) is 8.47. The summed E-state index contributed by atoms with van der Waals surface area (Å²) in [6.45, 7) is 10.7. The quantitative estimate of drug-likeness (QED) is 0.424. The monoisotopic (exact) mass is 498 g/mol. The summed E-state index contributed by atoms with van der Waals surface area (Å²) in [5.74, 6) is -2.86. The summed E-state index contributed by atoms with van der Waals surface area (Å²) in [5.41, 5.74) is -2.77. The zero-order chi connectivity index (χ0) is 26.4. The number of fused-ring (bicyclic) bond motifs is 5. The number of hydrogen-bond acceptors (Lipinski definition) is 7. The highest BCUT2D eigenvalue weighted by Gasteiger charge is 2.76. The molecule has 3 N–H and O–H groups in total. The van der Waals surface area contributed by atoms with Crippen molar-refractivity contribution in [3.05, 3.63) is 47.0 Å². The zero-order valence-corrected chi connectivity index (χ0v) is 21.9. The molecule has 1 aromatic carbocycles. The van der Waals surface area contributed by atoms with Crippen LogP contribution in [-0.4, -0.2) is 63.2 Å². The molecule has 36 heavy (non-hydrogen) atoms. The minimum absolute atomic E-state index is 0.0557. The molecule has 0 spiro atoms. The first kappa shape index (κ1) is 25.6. The third-order valence-corrected chi connectivity index (χ3v) is 10.2. The van der Waals surface area contributed by atoms with Crippen molar-refractivity contribution in [1.29, 1.82) is 0 Å². The van der Waals surface area contributed by atoms with E-state index in [1.807, 2.05) is 51.1 Å². The molecule has 0 aromatic heterocycles. The Morgan fingerprint density at radius 1 is 1.14 bits per heavy atom. The van der Waals surface area contributed by atoms with E-state index in [1.54, 1.807) is 13.8 Å². The second-order valence-corrected chi connectivity index (χ2v) is 12.2. The van der Waals surface area contributed by atoms with Crippen molar-refractivity contribution in [1.82, 2.24) is 0 Å². The smallest absolute Gasteiger partial charge is 0.303 e. The summed E-state index contributed by atoms with van der Waals surface area (Å²) < 4.78 is 11.9. The molecule has 2 bridgehead atoms. The van der Waals surface area contributed by atoms with Crippen molar-refractivity contribution in [3.63, 3.8) is 0 Å². The van der Waals surface area contributed by atoms with E-state index < -0.39 is 64.1 Å². The maximum atomic E-state index is 14.6. The third-order valence-electron chi connectivity index (χ3n) is 10.2. The molecule has 196 valence electrons. The van der Waals surface area contributed by atoms with Crippen molar-refractivity contribution in [2.75, 3.05) is 6.61 Å². The molecule has 1 heterocycles. The molecule has 3 fully saturated rings. The Morgan fingerprint density at radius 2 is 1.78 bits per heavy atom. The van der Waals surface area contributed by atoms with Gasteiger partial charge in [-0.05, 0) is 30.6 Å². The van der Waals surface area contributed by atoms with Gasteiger partial charge in [0.2, 0.25) is 0 Å². The van der Waals surface area contributed by atoms with Crippen LogP contribution in [0.4, 0.5) is 0 Å². The lowest BCUT2D eigenvalue weighted by atomic mass is 9.41. The Labute approximate surface area is 212 Å². The van der Waals surface area contributed by atoms with Gasteiger partial charge in [-0.1, -0.05) is 51.1 Å². The Bertz CT molecular complexity index is 1130. The normalized spacial score (nSPS) is 45.5. The number of ketones is 1. The number of Topliss-reactive ketones (excluding diaryl/α,β-unsaturated/α-hetero) is 1. The van der Waals surface area contributed by atoms with E-state index >= 15 is 0 Å². The molecular weight excluding hydrogens is 460 g/mol. The Kier molecular flexibility index (Phi) is 5.66. The van der Waals surface area contributed by atoms with E-state index in [2.05, 4.69) is 0 Å². The largest absolute Gasteiger partial charge is 0.454 e. The van der Waals surface area contributed by atoms with E-state index in [-0.39, 0.29) is 25.2 Å². The molecule has 0 radical (unpaired) electrons. The lowest BCUT2D eigenvalue weighted by Gasteiger charge is -2.68. The van der Waals surface area contributed by atoms with Gasteiger partial charge in [-0.2, -0.15) is 0 Å². The van der Waals surface area contributed by atoms with Crippen LogP contribution in [-0.2, 0) is 19.1 Å². The molecule has 4 aliphatic rings. The first-order valence-electron chi connectivity index (χ1n) is 12.9. The molecular formula is C29H38O7. The van der Waals surface area contributed by atoms with E-state index in [0.29, 0.717) is 5.57 Å². The van der Waals surface area contributed by atoms with Gasteiger partial charge in [-0.15, -0.1) is 0 Å². The highest BCUT2D eigenvalue weighted by atomic mass is 16.6. The molecule has 7 nitrogen and oxygen atoms in total. The summed E-state index contributed by atoms with van der Waals surface area (Å²) in [4.78, 5) is 27.0. The molecule has 1 aromatic rings. The lowest BCUT2D eigenvalue weighted by molar-refractivity contribution is -0.331. The number of ether oxygens (including phenoxy) is 2. The fraction of sp³-hybridized carbons (Fsp3) is 0.655. The van der Waals surface area contributed by atoms with Gasteiger partial charge >= 0.3 is 5.97 Å². The van der Waals surface area contributed by atoms with Crippen molar-refractivity contribution in [2.24, 2.45) is 22.7 Å². The predicted octanol–water partition coefficient (Wildman–Crippen LogP) is 2.92. The topological polar surface area (TPSA) is 113 Å². The summed E-state index contributed by atoms with van der Waals surface area (Å²) in [6, 6.07) is 9.44. The summed E-state index contributed by atoms with van der Waals surface area (Å²) >= 11 is 0. The average molecular weight is 499 g/mol. The van der Waals surface area contributed by atoms with Gasteiger partial charge in [0, 0.05) is 42.9 Å². The number of aliphatic hydroxyl groups excluding tert-OH is 2. The number of benzene rings is 1. The van der Waals surface area contributed by atoms with Crippen molar-refractivity contribution >= 4 is 11.8 Å². The van der Waals surface area contributed by atoms with Crippen LogP contribution in [0.1, 0.15) is 65.9 Å². The Hall–Kier alpha value is -2.06. The first-order valence-corrected chi connectivity index (χ1v) is 12.9.